The zero-order valence-corrected chi connectivity index (χ0v) is 15.6. The molecule has 1 N–H and O–H groups in total. The highest BCUT2D eigenvalue weighted by Crippen LogP contribution is 2.32. The molecule has 0 saturated carbocycles. The van der Waals surface area contributed by atoms with Crippen LogP contribution in [-0.2, 0) is 14.6 Å². The molecule has 2 aromatic carbocycles. The second kappa shape index (κ2) is 7.37. The van der Waals surface area contributed by atoms with Gasteiger partial charge in [-0.2, -0.15) is 0 Å². The fraction of sp³-hybridized carbons (Fsp3) is 0.316. The first-order valence-electron chi connectivity index (χ1n) is 8.35. The molecule has 0 radical (unpaired) electrons. The van der Waals surface area contributed by atoms with Crippen molar-refractivity contribution in [3.63, 3.8) is 0 Å². The molecule has 1 amide bonds. The number of carbonyl (C=O) groups is 1. The van der Waals surface area contributed by atoms with E-state index in [4.69, 9.17) is 9.47 Å². The first-order chi connectivity index (χ1) is 12.3. The van der Waals surface area contributed by atoms with Gasteiger partial charge in [0.15, 0.2) is 21.3 Å². The number of amides is 1. The van der Waals surface area contributed by atoms with Crippen molar-refractivity contribution in [1.29, 1.82) is 0 Å². The lowest BCUT2D eigenvalue weighted by molar-refractivity contribution is -0.115. The molecule has 0 unspecified atom stereocenters. The third-order valence-electron chi connectivity index (χ3n) is 4.13. The zero-order chi connectivity index (χ0) is 18.7. The van der Waals surface area contributed by atoms with E-state index in [1.54, 1.807) is 6.07 Å². The Morgan fingerprint density at radius 2 is 1.77 bits per heavy atom. The Bertz CT molecular complexity index is 937. The summed E-state index contributed by atoms with van der Waals surface area (Å²) in [6.45, 7) is 4.69. The van der Waals surface area contributed by atoms with Gasteiger partial charge in [-0.25, -0.2) is 8.42 Å². The summed E-state index contributed by atoms with van der Waals surface area (Å²) in [7, 11) is -3.59. The summed E-state index contributed by atoms with van der Waals surface area (Å²) in [5.74, 6) is 0.335. The largest absolute Gasteiger partial charge is 0.486 e. The number of benzene rings is 2. The summed E-state index contributed by atoms with van der Waals surface area (Å²) in [4.78, 5) is 12.3. The standard InChI is InChI=1S/C19H21NO5S/c1-13-3-5-16(14(2)11-13)20-19(21)7-10-26(22,23)15-4-6-17-18(12-15)25-9-8-24-17/h3-6,11-12H,7-10H2,1-2H3,(H,20,21). The summed E-state index contributed by atoms with van der Waals surface area (Å²) in [6, 6.07) is 10.2. The first kappa shape index (κ1) is 18.3. The Labute approximate surface area is 153 Å². The van der Waals surface area contributed by atoms with Crippen LogP contribution in [-0.4, -0.2) is 33.3 Å². The number of anilines is 1. The topological polar surface area (TPSA) is 81.7 Å². The normalized spacial score (nSPS) is 13.3. The molecule has 0 fully saturated rings. The first-order valence-corrected chi connectivity index (χ1v) is 10.00. The highest BCUT2D eigenvalue weighted by Gasteiger charge is 2.20. The molecule has 26 heavy (non-hydrogen) atoms. The predicted molar refractivity (Wildman–Crippen MR) is 98.6 cm³/mol. The quantitative estimate of drug-likeness (QED) is 0.869. The molecular weight excluding hydrogens is 354 g/mol. The summed E-state index contributed by atoms with van der Waals surface area (Å²) >= 11 is 0. The van der Waals surface area contributed by atoms with Crippen LogP contribution in [0.25, 0.3) is 0 Å². The summed E-state index contributed by atoms with van der Waals surface area (Å²) in [5, 5.41) is 2.76. The van der Waals surface area contributed by atoms with Crippen LogP contribution in [0.5, 0.6) is 11.5 Å². The predicted octanol–water partition coefficient (Wildman–Crippen LogP) is 2.88. The van der Waals surface area contributed by atoms with Crippen LogP contribution in [0, 0.1) is 13.8 Å². The van der Waals surface area contributed by atoms with Gasteiger partial charge in [0.1, 0.15) is 13.2 Å². The lowest BCUT2D eigenvalue weighted by Crippen LogP contribution is -2.19. The van der Waals surface area contributed by atoms with Gasteiger partial charge in [-0.05, 0) is 37.6 Å². The average molecular weight is 375 g/mol. The van der Waals surface area contributed by atoms with Gasteiger partial charge in [0.2, 0.25) is 5.91 Å². The van der Waals surface area contributed by atoms with Crippen LogP contribution in [0.1, 0.15) is 17.5 Å². The maximum absolute atomic E-state index is 12.5. The van der Waals surface area contributed by atoms with Gasteiger partial charge in [-0.1, -0.05) is 17.7 Å². The molecular formula is C19H21NO5S. The third kappa shape index (κ3) is 4.16. The highest BCUT2D eigenvalue weighted by atomic mass is 32.2. The van der Waals surface area contributed by atoms with E-state index in [0.717, 1.165) is 11.1 Å². The van der Waals surface area contributed by atoms with E-state index in [-0.39, 0.29) is 23.0 Å². The van der Waals surface area contributed by atoms with Crippen molar-refractivity contribution in [1.82, 2.24) is 0 Å². The van der Waals surface area contributed by atoms with Crippen molar-refractivity contribution in [3.05, 3.63) is 47.5 Å². The van der Waals surface area contributed by atoms with E-state index in [1.807, 2.05) is 32.0 Å². The van der Waals surface area contributed by atoms with E-state index >= 15 is 0 Å². The molecule has 0 saturated heterocycles. The number of ether oxygens (including phenoxy) is 2. The number of sulfone groups is 1. The Kier molecular flexibility index (Phi) is 5.18. The molecule has 1 heterocycles. The molecule has 0 aromatic heterocycles. The number of nitrogens with one attached hydrogen (secondary N) is 1. The summed E-state index contributed by atoms with van der Waals surface area (Å²) < 4.78 is 35.8. The number of rotatable bonds is 5. The van der Waals surface area contributed by atoms with Gasteiger partial charge in [-0.3, -0.25) is 4.79 Å². The molecule has 7 heteroatoms. The summed E-state index contributed by atoms with van der Waals surface area (Å²) in [6.07, 6.45) is -0.121. The van der Waals surface area contributed by atoms with Gasteiger partial charge < -0.3 is 14.8 Å². The number of hydrogen-bond acceptors (Lipinski definition) is 5. The molecule has 1 aliphatic rings. The SMILES string of the molecule is Cc1ccc(NC(=O)CCS(=O)(=O)c2ccc3c(c2)OCCO3)c(C)c1. The Morgan fingerprint density at radius 3 is 2.50 bits per heavy atom. The second-order valence-corrected chi connectivity index (χ2v) is 8.35. The van der Waals surface area contributed by atoms with Gasteiger partial charge >= 0.3 is 0 Å². The Morgan fingerprint density at radius 1 is 1.04 bits per heavy atom. The van der Waals surface area contributed by atoms with Gasteiger partial charge in [-0.15, -0.1) is 0 Å². The molecule has 0 aliphatic carbocycles. The smallest absolute Gasteiger partial charge is 0.225 e. The highest BCUT2D eigenvalue weighted by molar-refractivity contribution is 7.91. The van der Waals surface area contributed by atoms with Crippen molar-refractivity contribution in [2.24, 2.45) is 0 Å². The minimum absolute atomic E-state index is 0.121. The fourth-order valence-corrected chi connectivity index (χ4v) is 3.98. The van der Waals surface area contributed by atoms with Crippen molar-refractivity contribution in [2.45, 2.75) is 25.2 Å². The minimum Gasteiger partial charge on any atom is -0.486 e. The van der Waals surface area contributed by atoms with Crippen molar-refractivity contribution >= 4 is 21.4 Å². The minimum atomic E-state index is -3.59. The lowest BCUT2D eigenvalue weighted by Gasteiger charge is -2.18. The maximum atomic E-state index is 12.5. The van der Waals surface area contributed by atoms with Crippen LogP contribution in [0.4, 0.5) is 5.69 Å². The van der Waals surface area contributed by atoms with Crippen LogP contribution in [0.3, 0.4) is 0 Å². The third-order valence-corrected chi connectivity index (χ3v) is 5.84. The number of carbonyl (C=O) groups excluding carboxylic acids is 1. The lowest BCUT2D eigenvalue weighted by atomic mass is 10.1. The van der Waals surface area contributed by atoms with E-state index in [2.05, 4.69) is 5.32 Å². The van der Waals surface area contributed by atoms with E-state index in [0.29, 0.717) is 30.4 Å². The zero-order valence-electron chi connectivity index (χ0n) is 14.7. The van der Waals surface area contributed by atoms with E-state index < -0.39 is 9.84 Å². The molecule has 3 rings (SSSR count). The van der Waals surface area contributed by atoms with E-state index in [9.17, 15) is 13.2 Å². The molecule has 0 bridgehead atoms. The second-order valence-electron chi connectivity index (χ2n) is 6.24. The Balaban J connectivity index is 1.65. The van der Waals surface area contributed by atoms with Crippen LogP contribution < -0.4 is 14.8 Å². The van der Waals surface area contributed by atoms with E-state index in [1.165, 1.54) is 12.1 Å². The maximum Gasteiger partial charge on any atom is 0.225 e. The average Bonchev–Trinajstić information content (AvgIpc) is 2.62. The molecule has 2 aromatic rings. The van der Waals surface area contributed by atoms with Crippen LogP contribution in [0.2, 0.25) is 0 Å². The number of fused-ring (bicyclic) bond motifs is 1. The monoisotopic (exact) mass is 375 g/mol. The fourth-order valence-electron chi connectivity index (χ4n) is 2.73. The molecule has 0 atom stereocenters. The van der Waals surface area contributed by atoms with Crippen LogP contribution >= 0.6 is 0 Å². The van der Waals surface area contributed by atoms with Crippen molar-refractivity contribution in [3.8, 4) is 11.5 Å². The Hall–Kier alpha value is -2.54. The van der Waals surface area contributed by atoms with Crippen molar-refractivity contribution < 1.29 is 22.7 Å². The van der Waals surface area contributed by atoms with Gasteiger partial charge in [0.25, 0.3) is 0 Å². The van der Waals surface area contributed by atoms with Gasteiger partial charge in [0.05, 0.1) is 10.6 Å². The summed E-state index contributed by atoms with van der Waals surface area (Å²) in [5.41, 5.74) is 2.73. The molecule has 1 aliphatic heterocycles. The number of aryl methyl sites for hydroxylation is 2. The molecule has 0 spiro atoms. The molecule has 6 nitrogen and oxygen atoms in total. The van der Waals surface area contributed by atoms with Crippen molar-refractivity contribution in [2.75, 3.05) is 24.3 Å². The number of hydrogen-bond donors (Lipinski definition) is 1. The molecule has 138 valence electrons. The van der Waals surface area contributed by atoms with Gasteiger partial charge in [0, 0.05) is 18.2 Å². The van der Waals surface area contributed by atoms with Crippen LogP contribution in [0.15, 0.2) is 41.3 Å².